The highest BCUT2D eigenvalue weighted by atomic mass is 19.1. The first-order valence-electron chi connectivity index (χ1n) is 12.0. The van der Waals surface area contributed by atoms with E-state index in [1.165, 1.54) is 46.2 Å². The van der Waals surface area contributed by atoms with E-state index in [0.717, 1.165) is 0 Å². The first kappa shape index (κ1) is 27.5. The van der Waals surface area contributed by atoms with E-state index in [9.17, 15) is 24.1 Å². The number of ether oxygens (including phenoxy) is 1. The van der Waals surface area contributed by atoms with Crippen LogP contribution in [-0.4, -0.2) is 52.8 Å². The number of nitro groups is 1. The number of carbonyl (C=O) groups is 2. The molecule has 0 aliphatic heterocycles. The number of aryl methyl sites for hydroxylation is 1. The Bertz CT molecular complexity index is 1210. The molecule has 0 aliphatic carbocycles. The summed E-state index contributed by atoms with van der Waals surface area (Å²) in [7, 11) is 0. The molecule has 0 aliphatic rings. The molecule has 0 saturated carbocycles. The third-order valence-corrected chi connectivity index (χ3v) is 5.62. The normalized spacial score (nSPS) is 10.8. The van der Waals surface area contributed by atoms with Crippen LogP contribution in [0.2, 0.25) is 0 Å². The Morgan fingerprint density at radius 1 is 1.05 bits per heavy atom. The van der Waals surface area contributed by atoms with Crippen molar-refractivity contribution in [2.45, 2.75) is 33.4 Å². The number of furan rings is 1. The third-order valence-electron chi connectivity index (χ3n) is 5.62. The minimum atomic E-state index is -0.572. The molecule has 2 aromatic carbocycles. The van der Waals surface area contributed by atoms with Crippen LogP contribution in [0.5, 0.6) is 0 Å². The van der Waals surface area contributed by atoms with Crippen molar-refractivity contribution >= 4 is 17.5 Å². The summed E-state index contributed by atoms with van der Waals surface area (Å²) >= 11 is 0. The second-order valence-corrected chi connectivity index (χ2v) is 8.47. The predicted octanol–water partition coefficient (Wildman–Crippen LogP) is 4.73. The van der Waals surface area contributed by atoms with Crippen molar-refractivity contribution in [3.63, 3.8) is 0 Å². The second-order valence-electron chi connectivity index (χ2n) is 8.47. The van der Waals surface area contributed by atoms with E-state index in [1.54, 1.807) is 31.2 Å². The Morgan fingerprint density at radius 2 is 1.81 bits per heavy atom. The summed E-state index contributed by atoms with van der Waals surface area (Å²) in [6.07, 6.45) is 0.483. The summed E-state index contributed by atoms with van der Waals surface area (Å²) in [5.74, 6) is 0.0347. The quantitative estimate of drug-likeness (QED) is 0.187. The van der Waals surface area contributed by atoms with Gasteiger partial charge in [-0.25, -0.2) is 4.39 Å². The van der Waals surface area contributed by atoms with Gasteiger partial charge in [-0.3, -0.25) is 19.7 Å². The Morgan fingerprint density at radius 3 is 2.46 bits per heavy atom. The van der Waals surface area contributed by atoms with Gasteiger partial charge in [-0.2, -0.15) is 0 Å². The number of carbonyl (C=O) groups excluding carboxylic acids is 2. The largest absolute Gasteiger partial charge is 0.464 e. The van der Waals surface area contributed by atoms with Crippen molar-refractivity contribution in [2.75, 3.05) is 26.3 Å². The monoisotopic (exact) mass is 511 g/mol. The van der Waals surface area contributed by atoms with Gasteiger partial charge in [-0.1, -0.05) is 18.2 Å². The van der Waals surface area contributed by atoms with E-state index < -0.39 is 10.8 Å². The molecule has 196 valence electrons. The van der Waals surface area contributed by atoms with E-state index in [-0.39, 0.29) is 49.2 Å². The molecule has 9 nitrogen and oxygen atoms in total. The lowest BCUT2D eigenvalue weighted by atomic mass is 10.1. The second kappa shape index (κ2) is 13.3. The molecule has 0 unspecified atom stereocenters. The molecular formula is C27H30FN3O6. The number of amides is 2. The van der Waals surface area contributed by atoms with Crippen molar-refractivity contribution < 1.29 is 28.1 Å². The van der Waals surface area contributed by atoms with Crippen LogP contribution < -0.4 is 0 Å². The van der Waals surface area contributed by atoms with Gasteiger partial charge < -0.3 is 19.0 Å². The summed E-state index contributed by atoms with van der Waals surface area (Å²) in [5, 5.41) is 11.2. The zero-order chi connectivity index (χ0) is 26.8. The Balaban J connectivity index is 1.83. The fourth-order valence-electron chi connectivity index (χ4n) is 3.75. The van der Waals surface area contributed by atoms with Crippen molar-refractivity contribution in [2.24, 2.45) is 0 Å². The van der Waals surface area contributed by atoms with Crippen LogP contribution in [0.25, 0.3) is 0 Å². The maximum Gasteiger partial charge on any atom is 0.270 e. The lowest BCUT2D eigenvalue weighted by Crippen LogP contribution is -2.43. The highest BCUT2D eigenvalue weighted by Crippen LogP contribution is 2.17. The number of benzene rings is 2. The van der Waals surface area contributed by atoms with Gasteiger partial charge >= 0.3 is 0 Å². The SMILES string of the molecule is CCOCCCN(CC(=O)N(Cc1ccc(F)cc1)Cc1ccc(C)o1)C(=O)c1cccc([N+](=O)[O-])c1. The first-order valence-corrected chi connectivity index (χ1v) is 12.0. The molecule has 0 fully saturated rings. The Hall–Kier alpha value is -4.05. The fraction of sp³-hybridized carbons (Fsp3) is 0.333. The number of hydrogen-bond donors (Lipinski definition) is 0. The molecule has 0 spiro atoms. The van der Waals surface area contributed by atoms with Gasteiger partial charge in [0.1, 0.15) is 23.9 Å². The van der Waals surface area contributed by atoms with Crippen LogP contribution in [-0.2, 0) is 22.6 Å². The zero-order valence-corrected chi connectivity index (χ0v) is 20.9. The topological polar surface area (TPSA) is 106 Å². The molecule has 0 radical (unpaired) electrons. The van der Waals surface area contributed by atoms with Crippen LogP contribution in [0.3, 0.4) is 0 Å². The maximum absolute atomic E-state index is 13.5. The van der Waals surface area contributed by atoms with E-state index in [4.69, 9.17) is 9.15 Å². The average molecular weight is 512 g/mol. The third kappa shape index (κ3) is 8.25. The van der Waals surface area contributed by atoms with Crippen LogP contribution in [0.15, 0.2) is 65.1 Å². The van der Waals surface area contributed by atoms with Crippen molar-refractivity contribution in [3.8, 4) is 0 Å². The standard InChI is InChI=1S/C27H30FN3O6/c1-3-36-15-5-14-29(27(33)22-6-4-7-24(16-22)31(34)35)19-26(32)30(18-25-13-8-20(2)37-25)17-21-9-11-23(28)12-10-21/h4,6-13,16H,3,5,14-15,17-19H2,1-2H3. The number of hydrogen-bond acceptors (Lipinski definition) is 6. The molecule has 3 rings (SSSR count). The molecule has 1 aromatic heterocycles. The van der Waals surface area contributed by atoms with Gasteiger partial charge in [0.05, 0.1) is 11.5 Å². The van der Waals surface area contributed by atoms with Gasteiger partial charge in [0.25, 0.3) is 11.6 Å². The summed E-state index contributed by atoms with van der Waals surface area (Å²) in [4.78, 5) is 40.4. The molecule has 0 saturated heterocycles. The summed E-state index contributed by atoms with van der Waals surface area (Å²) in [6, 6.07) is 14.8. The minimum absolute atomic E-state index is 0.116. The van der Waals surface area contributed by atoms with E-state index in [1.807, 2.05) is 6.92 Å². The zero-order valence-electron chi connectivity index (χ0n) is 20.9. The van der Waals surface area contributed by atoms with Crippen molar-refractivity contribution in [1.82, 2.24) is 9.80 Å². The van der Waals surface area contributed by atoms with Gasteiger partial charge in [-0.05, 0) is 56.2 Å². The molecule has 0 atom stereocenters. The summed E-state index contributed by atoms with van der Waals surface area (Å²) in [6.45, 7) is 4.87. The number of rotatable bonds is 13. The van der Waals surface area contributed by atoms with Crippen LogP contribution >= 0.6 is 0 Å². The molecule has 10 heteroatoms. The number of halogens is 1. The van der Waals surface area contributed by atoms with Gasteiger partial charge in [-0.15, -0.1) is 0 Å². The molecule has 37 heavy (non-hydrogen) atoms. The van der Waals surface area contributed by atoms with Gasteiger partial charge in [0.2, 0.25) is 5.91 Å². The Kier molecular flexibility index (Phi) is 9.91. The van der Waals surface area contributed by atoms with E-state index in [0.29, 0.717) is 36.7 Å². The highest BCUT2D eigenvalue weighted by molar-refractivity contribution is 5.97. The maximum atomic E-state index is 13.5. The van der Waals surface area contributed by atoms with Crippen molar-refractivity contribution in [1.29, 1.82) is 0 Å². The van der Waals surface area contributed by atoms with Gasteiger partial charge in [0, 0.05) is 44.0 Å². The smallest absolute Gasteiger partial charge is 0.270 e. The highest BCUT2D eigenvalue weighted by Gasteiger charge is 2.24. The molecule has 0 N–H and O–H groups in total. The lowest BCUT2D eigenvalue weighted by Gasteiger charge is -2.27. The van der Waals surface area contributed by atoms with E-state index >= 15 is 0 Å². The molecule has 3 aromatic rings. The van der Waals surface area contributed by atoms with E-state index in [2.05, 4.69) is 0 Å². The van der Waals surface area contributed by atoms with Crippen LogP contribution in [0.1, 0.15) is 40.8 Å². The number of nitrogens with zero attached hydrogens (tertiary/aromatic N) is 3. The summed E-state index contributed by atoms with van der Waals surface area (Å²) in [5.41, 5.74) is 0.619. The fourth-order valence-corrected chi connectivity index (χ4v) is 3.75. The molecule has 0 bridgehead atoms. The van der Waals surface area contributed by atoms with Crippen molar-refractivity contribution in [3.05, 3.63) is 99.2 Å². The average Bonchev–Trinajstić information content (AvgIpc) is 3.30. The first-order chi connectivity index (χ1) is 17.8. The number of non-ortho nitro benzene ring substituents is 1. The summed E-state index contributed by atoms with van der Waals surface area (Å²) < 4.78 is 24.4. The molecule has 2 amide bonds. The predicted molar refractivity (Wildman–Crippen MR) is 134 cm³/mol. The Labute approximate surface area is 214 Å². The van der Waals surface area contributed by atoms with Crippen LogP contribution in [0.4, 0.5) is 10.1 Å². The molecular weight excluding hydrogens is 481 g/mol. The lowest BCUT2D eigenvalue weighted by molar-refractivity contribution is -0.384. The van der Waals surface area contributed by atoms with Crippen LogP contribution in [0, 0.1) is 22.9 Å². The number of nitro benzene ring substituents is 1. The van der Waals surface area contributed by atoms with Gasteiger partial charge in [0.15, 0.2) is 0 Å². The molecule has 1 heterocycles. The minimum Gasteiger partial charge on any atom is -0.464 e.